The quantitative estimate of drug-likeness (QED) is 0.827. The summed E-state index contributed by atoms with van der Waals surface area (Å²) in [5, 5.41) is 8.21. The number of halogens is 1. The van der Waals surface area contributed by atoms with Crippen LogP contribution in [0.3, 0.4) is 0 Å². The number of rotatable bonds is 7. The zero-order valence-corrected chi connectivity index (χ0v) is 14.4. The highest BCUT2D eigenvalue weighted by molar-refractivity contribution is 9.10. The highest BCUT2D eigenvalue weighted by Crippen LogP contribution is 2.35. The van der Waals surface area contributed by atoms with Crippen LogP contribution in [-0.4, -0.2) is 36.1 Å². The molecule has 1 aromatic rings. The molecule has 1 aliphatic heterocycles. The Morgan fingerprint density at radius 3 is 2.75 bits per heavy atom. The summed E-state index contributed by atoms with van der Waals surface area (Å²) in [7, 11) is 0. The molecule has 2 heterocycles. The normalized spacial score (nSPS) is 22.6. The maximum absolute atomic E-state index is 5.69. The third-order valence-corrected chi connectivity index (χ3v) is 5.09. The molecule has 2 rings (SSSR count). The van der Waals surface area contributed by atoms with E-state index in [0.29, 0.717) is 0 Å². The largest absolute Gasteiger partial charge is 0.381 e. The van der Waals surface area contributed by atoms with Crippen molar-refractivity contribution in [3.8, 4) is 0 Å². The summed E-state index contributed by atoms with van der Waals surface area (Å²) in [5.74, 6) is 0. The fourth-order valence-electron chi connectivity index (χ4n) is 2.92. The first-order valence-corrected chi connectivity index (χ1v) is 8.47. The number of nitrogens with one attached hydrogen (secondary N) is 1. The van der Waals surface area contributed by atoms with Gasteiger partial charge in [0.15, 0.2) is 0 Å². The van der Waals surface area contributed by atoms with E-state index in [1.807, 2.05) is 0 Å². The lowest BCUT2D eigenvalue weighted by molar-refractivity contribution is 0.148. The van der Waals surface area contributed by atoms with Gasteiger partial charge in [-0.3, -0.25) is 4.68 Å². The molecular weight excluding hydrogens is 318 g/mol. The molecule has 114 valence electrons. The minimum atomic E-state index is 0.219. The van der Waals surface area contributed by atoms with E-state index in [0.717, 1.165) is 52.1 Å². The van der Waals surface area contributed by atoms with Crippen LogP contribution in [0.1, 0.15) is 38.6 Å². The molecule has 0 bridgehead atoms. The lowest BCUT2D eigenvalue weighted by Crippen LogP contribution is -2.37. The van der Waals surface area contributed by atoms with Crippen LogP contribution in [0.2, 0.25) is 0 Å². The molecule has 20 heavy (non-hydrogen) atoms. The first-order chi connectivity index (χ1) is 9.65. The first kappa shape index (κ1) is 16.0. The van der Waals surface area contributed by atoms with Gasteiger partial charge in [-0.1, -0.05) is 13.8 Å². The molecule has 0 saturated carbocycles. The van der Waals surface area contributed by atoms with Gasteiger partial charge < -0.3 is 10.1 Å². The Balaban J connectivity index is 2.24. The Bertz CT molecular complexity index is 439. The van der Waals surface area contributed by atoms with Gasteiger partial charge in [-0.15, -0.1) is 0 Å². The molecule has 0 radical (unpaired) electrons. The van der Waals surface area contributed by atoms with Gasteiger partial charge in [-0.2, -0.15) is 5.10 Å². The average molecular weight is 344 g/mol. The van der Waals surface area contributed by atoms with E-state index in [1.165, 1.54) is 15.9 Å². The summed E-state index contributed by atoms with van der Waals surface area (Å²) in [4.78, 5) is 0. The maximum Gasteiger partial charge on any atom is 0.0766 e. The minimum Gasteiger partial charge on any atom is -0.381 e. The Kier molecular flexibility index (Phi) is 5.64. The molecule has 1 aliphatic rings. The molecule has 1 saturated heterocycles. The Hall–Kier alpha value is -0.390. The number of ether oxygens (including phenoxy) is 1. The zero-order chi connectivity index (χ0) is 14.6. The van der Waals surface area contributed by atoms with Gasteiger partial charge in [0.1, 0.15) is 0 Å². The smallest absolute Gasteiger partial charge is 0.0766 e. The molecule has 1 unspecified atom stereocenters. The second kappa shape index (κ2) is 7.05. The van der Waals surface area contributed by atoms with Crippen molar-refractivity contribution in [2.45, 2.75) is 46.6 Å². The van der Waals surface area contributed by atoms with Crippen molar-refractivity contribution < 1.29 is 4.74 Å². The number of hydrogen-bond acceptors (Lipinski definition) is 3. The number of nitrogens with zero attached hydrogens (tertiary/aromatic N) is 2. The van der Waals surface area contributed by atoms with Gasteiger partial charge in [-0.25, -0.2) is 0 Å². The van der Waals surface area contributed by atoms with Gasteiger partial charge in [0.2, 0.25) is 0 Å². The molecule has 1 aromatic heterocycles. The second-order valence-corrected chi connectivity index (χ2v) is 6.43. The fourth-order valence-corrected chi connectivity index (χ4v) is 3.63. The topological polar surface area (TPSA) is 39.1 Å². The summed E-state index contributed by atoms with van der Waals surface area (Å²) < 4.78 is 9.04. The van der Waals surface area contributed by atoms with E-state index < -0.39 is 0 Å². The van der Waals surface area contributed by atoms with E-state index >= 15 is 0 Å². The van der Waals surface area contributed by atoms with Crippen molar-refractivity contribution in [1.82, 2.24) is 15.1 Å². The molecule has 0 aromatic carbocycles. The van der Waals surface area contributed by atoms with Gasteiger partial charge in [-0.05, 0) is 48.7 Å². The Morgan fingerprint density at radius 2 is 2.20 bits per heavy atom. The standard InChI is InChI=1S/C15H26BrN3O/c1-4-12-14(16)13(19(6-3)18-12)9-15(10-17-5-2)7-8-20-11-15/h17H,4-11H2,1-3H3. The van der Waals surface area contributed by atoms with Crippen LogP contribution in [0.25, 0.3) is 0 Å². The van der Waals surface area contributed by atoms with Crippen LogP contribution >= 0.6 is 15.9 Å². The number of aryl methyl sites for hydroxylation is 2. The molecule has 0 amide bonds. The lowest BCUT2D eigenvalue weighted by Gasteiger charge is -2.28. The van der Waals surface area contributed by atoms with Crippen molar-refractivity contribution in [2.24, 2.45) is 5.41 Å². The highest BCUT2D eigenvalue weighted by Gasteiger charge is 2.36. The predicted molar refractivity (Wildman–Crippen MR) is 85.1 cm³/mol. The van der Waals surface area contributed by atoms with Crippen LogP contribution in [0.4, 0.5) is 0 Å². The minimum absolute atomic E-state index is 0.219. The summed E-state index contributed by atoms with van der Waals surface area (Å²) >= 11 is 3.76. The second-order valence-electron chi connectivity index (χ2n) is 5.64. The van der Waals surface area contributed by atoms with E-state index in [9.17, 15) is 0 Å². The number of aromatic nitrogens is 2. The van der Waals surface area contributed by atoms with Crippen molar-refractivity contribution in [2.75, 3.05) is 26.3 Å². The Morgan fingerprint density at radius 1 is 1.40 bits per heavy atom. The molecular formula is C15H26BrN3O. The van der Waals surface area contributed by atoms with Crippen LogP contribution < -0.4 is 5.32 Å². The van der Waals surface area contributed by atoms with E-state index in [-0.39, 0.29) is 5.41 Å². The molecule has 1 N–H and O–H groups in total. The van der Waals surface area contributed by atoms with E-state index in [4.69, 9.17) is 9.84 Å². The monoisotopic (exact) mass is 343 g/mol. The van der Waals surface area contributed by atoms with Crippen molar-refractivity contribution >= 4 is 15.9 Å². The van der Waals surface area contributed by atoms with Gasteiger partial charge in [0.05, 0.1) is 22.5 Å². The van der Waals surface area contributed by atoms with Crippen LogP contribution in [0, 0.1) is 5.41 Å². The fraction of sp³-hybridized carbons (Fsp3) is 0.800. The van der Waals surface area contributed by atoms with Crippen LogP contribution in [0.15, 0.2) is 4.47 Å². The van der Waals surface area contributed by atoms with Crippen molar-refractivity contribution in [3.63, 3.8) is 0 Å². The summed E-state index contributed by atoms with van der Waals surface area (Å²) in [6, 6.07) is 0. The molecule has 1 fully saturated rings. The molecule has 1 atom stereocenters. The summed E-state index contributed by atoms with van der Waals surface area (Å²) in [6.45, 7) is 11.2. The van der Waals surface area contributed by atoms with Gasteiger partial charge >= 0.3 is 0 Å². The van der Waals surface area contributed by atoms with Crippen molar-refractivity contribution in [1.29, 1.82) is 0 Å². The highest BCUT2D eigenvalue weighted by atomic mass is 79.9. The van der Waals surface area contributed by atoms with Gasteiger partial charge in [0, 0.05) is 25.1 Å². The zero-order valence-electron chi connectivity index (χ0n) is 12.8. The van der Waals surface area contributed by atoms with Gasteiger partial charge in [0.25, 0.3) is 0 Å². The van der Waals surface area contributed by atoms with E-state index in [1.54, 1.807) is 0 Å². The summed E-state index contributed by atoms with van der Waals surface area (Å²) in [5.41, 5.74) is 2.71. The first-order valence-electron chi connectivity index (χ1n) is 7.68. The molecule has 0 spiro atoms. The molecule has 5 heteroatoms. The SMILES string of the molecule is CCNCC1(Cc2c(Br)c(CC)nn2CC)CCOC1. The predicted octanol–water partition coefficient (Wildman–Crippen LogP) is 2.79. The maximum atomic E-state index is 5.69. The van der Waals surface area contributed by atoms with E-state index in [2.05, 4.69) is 46.7 Å². The third kappa shape index (κ3) is 3.26. The average Bonchev–Trinajstić information content (AvgIpc) is 3.04. The van der Waals surface area contributed by atoms with Crippen LogP contribution in [-0.2, 0) is 24.1 Å². The third-order valence-electron chi connectivity index (χ3n) is 4.17. The van der Waals surface area contributed by atoms with Crippen LogP contribution in [0.5, 0.6) is 0 Å². The number of hydrogen-bond donors (Lipinski definition) is 1. The Labute approximate surface area is 130 Å². The lowest BCUT2D eigenvalue weighted by atomic mass is 9.82. The molecule has 4 nitrogen and oxygen atoms in total. The summed E-state index contributed by atoms with van der Waals surface area (Å²) in [6.07, 6.45) is 3.13. The molecule has 0 aliphatic carbocycles. The van der Waals surface area contributed by atoms with Crippen molar-refractivity contribution in [3.05, 3.63) is 15.9 Å².